The van der Waals surface area contributed by atoms with Gasteiger partial charge in [0, 0.05) is 5.56 Å². The number of aliphatic hydroxyl groups is 1. The largest absolute Gasteiger partial charge is 0.391 e. The number of amides is 1. The number of rotatable bonds is 3. The molecule has 3 nitrogen and oxygen atoms in total. The van der Waals surface area contributed by atoms with Gasteiger partial charge in [-0.2, -0.15) is 0 Å². The Balaban J connectivity index is 3.32. The molecule has 0 bridgehead atoms. The second-order valence-corrected chi connectivity index (χ2v) is 6.35. The van der Waals surface area contributed by atoms with Gasteiger partial charge in [0.05, 0.1) is 11.6 Å². The van der Waals surface area contributed by atoms with E-state index in [1.807, 2.05) is 41.5 Å². The highest BCUT2D eigenvalue weighted by atomic mass is 16.3. The molecule has 0 saturated heterocycles. The first-order valence-electron chi connectivity index (χ1n) is 7.08. The predicted octanol–water partition coefficient (Wildman–Crippen LogP) is 3.12. The maximum Gasteiger partial charge on any atom is 0.252 e. The summed E-state index contributed by atoms with van der Waals surface area (Å²) in [7, 11) is 0. The fraction of sp³-hybridized carbons (Fsp3) is 0.588. The number of aliphatic hydroxyl groups excluding tert-OH is 1. The van der Waals surface area contributed by atoms with Crippen molar-refractivity contribution in [2.45, 2.75) is 67.0 Å². The van der Waals surface area contributed by atoms with Gasteiger partial charge >= 0.3 is 0 Å². The zero-order valence-corrected chi connectivity index (χ0v) is 13.9. The Labute approximate surface area is 122 Å². The molecule has 0 aliphatic heterocycles. The quantitative estimate of drug-likeness (QED) is 0.892. The van der Waals surface area contributed by atoms with Crippen molar-refractivity contribution in [1.82, 2.24) is 5.32 Å². The number of hydrogen-bond donors (Lipinski definition) is 2. The Bertz CT molecular complexity index is 513. The van der Waals surface area contributed by atoms with Gasteiger partial charge in [0.1, 0.15) is 0 Å². The van der Waals surface area contributed by atoms with Crippen LogP contribution < -0.4 is 5.32 Å². The van der Waals surface area contributed by atoms with Crippen molar-refractivity contribution in [3.05, 3.63) is 33.4 Å². The average molecular weight is 277 g/mol. The summed E-state index contributed by atoms with van der Waals surface area (Å²) in [4.78, 5) is 12.6. The van der Waals surface area contributed by atoms with Crippen LogP contribution in [0.3, 0.4) is 0 Å². The number of carbonyl (C=O) groups excluding carboxylic acids is 1. The smallest absolute Gasteiger partial charge is 0.252 e. The Hall–Kier alpha value is -1.35. The summed E-state index contributed by atoms with van der Waals surface area (Å²) in [6.45, 7) is 15.5. The van der Waals surface area contributed by atoms with Crippen molar-refractivity contribution in [3.8, 4) is 0 Å². The van der Waals surface area contributed by atoms with Crippen LogP contribution in [-0.2, 0) is 0 Å². The molecule has 1 atom stereocenters. The van der Waals surface area contributed by atoms with E-state index in [1.165, 1.54) is 5.56 Å². The van der Waals surface area contributed by atoms with Gasteiger partial charge < -0.3 is 10.4 Å². The van der Waals surface area contributed by atoms with E-state index in [9.17, 15) is 9.90 Å². The highest BCUT2D eigenvalue weighted by Crippen LogP contribution is 2.26. The van der Waals surface area contributed by atoms with Crippen LogP contribution >= 0.6 is 0 Å². The van der Waals surface area contributed by atoms with Crippen molar-refractivity contribution in [2.75, 3.05) is 0 Å². The first kappa shape index (κ1) is 16.7. The van der Waals surface area contributed by atoms with E-state index >= 15 is 0 Å². The zero-order valence-electron chi connectivity index (χ0n) is 13.9. The minimum Gasteiger partial charge on any atom is -0.391 e. The third-order valence-corrected chi connectivity index (χ3v) is 4.71. The number of nitrogens with one attached hydrogen (secondary N) is 1. The normalized spacial score (nSPS) is 13.2. The molecule has 0 aliphatic carbocycles. The molecular formula is C17H27NO2. The number of benzene rings is 1. The Kier molecular flexibility index (Phi) is 4.65. The third kappa shape index (κ3) is 2.88. The molecule has 0 aromatic heterocycles. The molecule has 0 saturated carbocycles. The molecule has 1 aromatic rings. The van der Waals surface area contributed by atoms with Crippen LogP contribution in [0.25, 0.3) is 0 Å². The minimum absolute atomic E-state index is 0.114. The zero-order chi connectivity index (χ0) is 15.8. The topological polar surface area (TPSA) is 49.3 Å². The van der Waals surface area contributed by atoms with Gasteiger partial charge in [0.25, 0.3) is 5.91 Å². The first-order valence-corrected chi connectivity index (χ1v) is 7.08. The lowest BCUT2D eigenvalue weighted by Gasteiger charge is -2.30. The van der Waals surface area contributed by atoms with Gasteiger partial charge in [-0.05, 0) is 83.2 Å². The standard InChI is InChI=1S/C17H27NO2/c1-9-10(2)12(4)15(13(5)11(9)3)16(20)18-17(7,8)14(6)19/h14,19H,1-8H3,(H,18,20). The van der Waals surface area contributed by atoms with E-state index in [0.29, 0.717) is 0 Å². The Morgan fingerprint density at radius 3 is 1.65 bits per heavy atom. The lowest BCUT2D eigenvalue weighted by atomic mass is 9.88. The van der Waals surface area contributed by atoms with Crippen LogP contribution in [0.4, 0.5) is 0 Å². The minimum atomic E-state index is -0.650. The molecule has 2 N–H and O–H groups in total. The van der Waals surface area contributed by atoms with Gasteiger partial charge in [-0.3, -0.25) is 4.79 Å². The summed E-state index contributed by atoms with van der Waals surface area (Å²) in [5, 5.41) is 12.7. The maximum atomic E-state index is 12.6. The predicted molar refractivity (Wildman–Crippen MR) is 83.4 cm³/mol. The molecule has 0 heterocycles. The van der Waals surface area contributed by atoms with Crippen LogP contribution in [0, 0.1) is 34.6 Å². The molecule has 1 aromatic carbocycles. The lowest BCUT2D eigenvalue weighted by Crippen LogP contribution is -2.51. The molecule has 1 unspecified atom stereocenters. The molecule has 0 radical (unpaired) electrons. The van der Waals surface area contributed by atoms with Crippen LogP contribution in [0.5, 0.6) is 0 Å². The third-order valence-electron chi connectivity index (χ3n) is 4.71. The second kappa shape index (κ2) is 5.57. The van der Waals surface area contributed by atoms with Gasteiger partial charge in [-0.15, -0.1) is 0 Å². The van der Waals surface area contributed by atoms with Crippen LogP contribution in [-0.4, -0.2) is 22.7 Å². The van der Waals surface area contributed by atoms with Crippen molar-refractivity contribution < 1.29 is 9.90 Å². The molecule has 0 spiro atoms. The number of hydrogen-bond acceptors (Lipinski definition) is 2. The second-order valence-electron chi connectivity index (χ2n) is 6.35. The fourth-order valence-electron chi connectivity index (χ4n) is 2.30. The van der Waals surface area contributed by atoms with E-state index in [-0.39, 0.29) is 5.91 Å². The molecule has 1 amide bonds. The van der Waals surface area contributed by atoms with Crippen LogP contribution in [0.2, 0.25) is 0 Å². The highest BCUT2D eigenvalue weighted by Gasteiger charge is 2.28. The van der Waals surface area contributed by atoms with Gasteiger partial charge in [0.15, 0.2) is 0 Å². The molecular weight excluding hydrogens is 250 g/mol. The van der Waals surface area contributed by atoms with Crippen LogP contribution in [0.1, 0.15) is 58.9 Å². The molecule has 1 rings (SSSR count). The summed E-state index contributed by atoms with van der Waals surface area (Å²) >= 11 is 0. The summed E-state index contributed by atoms with van der Waals surface area (Å²) in [5.41, 5.74) is 5.68. The summed E-state index contributed by atoms with van der Waals surface area (Å²) in [5.74, 6) is -0.114. The molecule has 3 heteroatoms. The monoisotopic (exact) mass is 277 g/mol. The molecule has 0 aliphatic rings. The molecule has 112 valence electrons. The van der Waals surface area contributed by atoms with Crippen molar-refractivity contribution in [3.63, 3.8) is 0 Å². The fourth-order valence-corrected chi connectivity index (χ4v) is 2.30. The van der Waals surface area contributed by atoms with Crippen molar-refractivity contribution >= 4 is 5.91 Å². The summed E-state index contributed by atoms with van der Waals surface area (Å²) in [6.07, 6.45) is -0.611. The maximum absolute atomic E-state index is 12.6. The van der Waals surface area contributed by atoms with Gasteiger partial charge in [0.2, 0.25) is 0 Å². The van der Waals surface area contributed by atoms with E-state index in [1.54, 1.807) is 6.92 Å². The summed E-state index contributed by atoms with van der Waals surface area (Å²) in [6, 6.07) is 0. The van der Waals surface area contributed by atoms with Gasteiger partial charge in [-0.25, -0.2) is 0 Å². The SMILES string of the molecule is Cc1c(C)c(C)c(C(=O)NC(C)(C)C(C)O)c(C)c1C. The van der Waals surface area contributed by atoms with Gasteiger partial charge in [-0.1, -0.05) is 0 Å². The van der Waals surface area contributed by atoms with E-state index < -0.39 is 11.6 Å². The van der Waals surface area contributed by atoms with Crippen molar-refractivity contribution in [2.24, 2.45) is 0 Å². The van der Waals surface area contributed by atoms with Crippen LogP contribution in [0.15, 0.2) is 0 Å². The molecule has 20 heavy (non-hydrogen) atoms. The van der Waals surface area contributed by atoms with E-state index in [2.05, 4.69) is 12.2 Å². The van der Waals surface area contributed by atoms with Crippen molar-refractivity contribution in [1.29, 1.82) is 0 Å². The highest BCUT2D eigenvalue weighted by molar-refractivity contribution is 5.98. The number of carbonyl (C=O) groups is 1. The van der Waals surface area contributed by atoms with E-state index in [0.717, 1.165) is 27.8 Å². The lowest BCUT2D eigenvalue weighted by molar-refractivity contribution is 0.0708. The Morgan fingerprint density at radius 2 is 1.30 bits per heavy atom. The first-order chi connectivity index (χ1) is 9.00. The average Bonchev–Trinajstić information content (AvgIpc) is 2.33. The Morgan fingerprint density at radius 1 is 0.950 bits per heavy atom. The molecule has 0 fully saturated rings. The summed E-state index contributed by atoms with van der Waals surface area (Å²) < 4.78 is 0. The van der Waals surface area contributed by atoms with E-state index in [4.69, 9.17) is 0 Å².